The highest BCUT2D eigenvalue weighted by Gasteiger charge is 2.15. The SMILES string of the molecule is CCN1CCN(c2ccc(NC(=O)CCCCCn3c(=S)[nH]c4ccccc4c3=O)cc2)CC1. The number of hydrogen-bond donors (Lipinski definition) is 2. The van der Waals surface area contributed by atoms with Crippen molar-refractivity contribution in [2.45, 2.75) is 39.2 Å². The number of nitrogens with zero attached hydrogens (tertiary/aromatic N) is 3. The fourth-order valence-electron chi connectivity index (χ4n) is 4.44. The molecule has 1 amide bonds. The van der Waals surface area contributed by atoms with E-state index in [-0.39, 0.29) is 11.5 Å². The Labute approximate surface area is 205 Å². The fraction of sp³-hybridized carbons (Fsp3) is 0.423. The van der Waals surface area contributed by atoms with E-state index in [0.717, 1.165) is 63.2 Å². The molecule has 0 radical (unpaired) electrons. The van der Waals surface area contributed by atoms with E-state index in [1.54, 1.807) is 4.57 Å². The maximum absolute atomic E-state index is 12.7. The summed E-state index contributed by atoms with van der Waals surface area (Å²) in [6.07, 6.45) is 2.87. The molecular weight excluding hydrogens is 446 g/mol. The number of benzene rings is 2. The van der Waals surface area contributed by atoms with Crippen LogP contribution in [0.15, 0.2) is 53.3 Å². The van der Waals surface area contributed by atoms with Crippen LogP contribution in [0.1, 0.15) is 32.6 Å². The van der Waals surface area contributed by atoms with Gasteiger partial charge in [-0.25, -0.2) is 0 Å². The Morgan fingerprint density at radius 1 is 1.00 bits per heavy atom. The van der Waals surface area contributed by atoms with E-state index < -0.39 is 0 Å². The van der Waals surface area contributed by atoms with E-state index in [9.17, 15) is 9.59 Å². The summed E-state index contributed by atoms with van der Waals surface area (Å²) in [6.45, 7) is 8.12. The van der Waals surface area contributed by atoms with E-state index >= 15 is 0 Å². The van der Waals surface area contributed by atoms with Crippen molar-refractivity contribution in [2.24, 2.45) is 0 Å². The van der Waals surface area contributed by atoms with E-state index in [0.29, 0.717) is 23.1 Å². The fourth-order valence-corrected chi connectivity index (χ4v) is 4.72. The molecule has 3 aromatic rings. The van der Waals surface area contributed by atoms with Gasteiger partial charge < -0.3 is 20.1 Å². The lowest BCUT2D eigenvalue weighted by molar-refractivity contribution is -0.116. The number of para-hydroxylation sites is 1. The largest absolute Gasteiger partial charge is 0.369 e. The van der Waals surface area contributed by atoms with Gasteiger partial charge in [0.2, 0.25) is 5.91 Å². The number of fused-ring (bicyclic) bond motifs is 1. The lowest BCUT2D eigenvalue weighted by atomic mass is 10.1. The molecule has 0 atom stereocenters. The van der Waals surface area contributed by atoms with Crippen LogP contribution in [-0.4, -0.2) is 53.1 Å². The van der Waals surface area contributed by atoms with Crippen molar-refractivity contribution in [3.05, 3.63) is 63.7 Å². The molecule has 2 heterocycles. The number of likely N-dealkylation sites (N-methyl/N-ethyl adjacent to an activating group) is 1. The number of H-pyrrole nitrogens is 1. The molecule has 0 spiro atoms. The zero-order valence-corrected chi connectivity index (χ0v) is 20.6. The van der Waals surface area contributed by atoms with Gasteiger partial charge in [-0.05, 0) is 68.0 Å². The molecule has 0 unspecified atom stereocenters. The number of carbonyl (C=O) groups excluding carboxylic acids is 1. The molecule has 2 N–H and O–H groups in total. The molecule has 1 aliphatic heterocycles. The van der Waals surface area contributed by atoms with E-state index in [2.05, 4.69) is 39.2 Å². The van der Waals surface area contributed by atoms with Gasteiger partial charge in [0.15, 0.2) is 4.77 Å². The lowest BCUT2D eigenvalue weighted by Gasteiger charge is -2.35. The number of rotatable bonds is 9. The van der Waals surface area contributed by atoms with Gasteiger partial charge in [-0.3, -0.25) is 14.2 Å². The van der Waals surface area contributed by atoms with Crippen molar-refractivity contribution in [3.8, 4) is 0 Å². The molecule has 4 rings (SSSR count). The Kier molecular flexibility index (Phi) is 8.13. The maximum atomic E-state index is 12.7. The van der Waals surface area contributed by atoms with Crippen LogP contribution in [0.5, 0.6) is 0 Å². The van der Waals surface area contributed by atoms with Crippen LogP contribution >= 0.6 is 12.2 Å². The molecule has 180 valence electrons. The van der Waals surface area contributed by atoms with Crippen molar-refractivity contribution in [3.63, 3.8) is 0 Å². The summed E-state index contributed by atoms with van der Waals surface area (Å²) in [6, 6.07) is 15.5. The third-order valence-electron chi connectivity index (χ3n) is 6.51. The first kappa shape index (κ1) is 24.2. The summed E-state index contributed by atoms with van der Waals surface area (Å²) in [4.78, 5) is 33.0. The van der Waals surface area contributed by atoms with Gasteiger partial charge in [0.05, 0.1) is 10.9 Å². The third-order valence-corrected chi connectivity index (χ3v) is 6.83. The highest BCUT2D eigenvalue weighted by molar-refractivity contribution is 7.71. The highest BCUT2D eigenvalue weighted by atomic mass is 32.1. The molecule has 1 fully saturated rings. The van der Waals surface area contributed by atoms with Crippen molar-refractivity contribution >= 4 is 40.4 Å². The number of anilines is 2. The number of hydrogen-bond acceptors (Lipinski definition) is 5. The first-order valence-corrected chi connectivity index (χ1v) is 12.5. The second kappa shape index (κ2) is 11.4. The Morgan fingerprint density at radius 3 is 2.47 bits per heavy atom. The topological polar surface area (TPSA) is 73.4 Å². The second-order valence-corrected chi connectivity index (χ2v) is 9.15. The minimum absolute atomic E-state index is 0.0180. The van der Waals surface area contributed by atoms with Gasteiger partial charge in [0.1, 0.15) is 0 Å². The Balaban J connectivity index is 1.20. The Hall–Kier alpha value is -2.97. The first-order chi connectivity index (χ1) is 16.5. The normalized spacial score (nSPS) is 14.4. The van der Waals surface area contributed by atoms with Crippen LogP contribution in [-0.2, 0) is 11.3 Å². The van der Waals surface area contributed by atoms with E-state index in [4.69, 9.17) is 12.2 Å². The summed E-state index contributed by atoms with van der Waals surface area (Å²) >= 11 is 5.36. The number of unbranched alkanes of at least 4 members (excludes halogenated alkanes) is 2. The average Bonchev–Trinajstić information content (AvgIpc) is 2.86. The molecule has 1 aliphatic rings. The molecule has 7 nitrogen and oxygen atoms in total. The standard InChI is InChI=1S/C26H33N5O2S/c1-2-29-16-18-30(19-17-29)21-13-11-20(12-14-21)27-24(32)10-4-3-7-15-31-25(33)22-8-5-6-9-23(22)28-26(31)34/h5-6,8-9,11-14H,2-4,7,10,15-19H2,1H3,(H,27,32)(H,28,34). The van der Waals surface area contributed by atoms with E-state index in [1.165, 1.54) is 5.69 Å². The third kappa shape index (κ3) is 5.93. The lowest BCUT2D eigenvalue weighted by Crippen LogP contribution is -2.46. The van der Waals surface area contributed by atoms with Crippen LogP contribution in [0, 0.1) is 4.77 Å². The number of carbonyl (C=O) groups is 1. The van der Waals surface area contributed by atoms with Crippen molar-refractivity contribution in [1.82, 2.24) is 14.5 Å². The van der Waals surface area contributed by atoms with Gasteiger partial charge in [-0.15, -0.1) is 0 Å². The first-order valence-electron chi connectivity index (χ1n) is 12.1. The minimum Gasteiger partial charge on any atom is -0.369 e. The minimum atomic E-state index is -0.0622. The zero-order chi connectivity index (χ0) is 23.9. The van der Waals surface area contributed by atoms with Gasteiger partial charge >= 0.3 is 0 Å². The smallest absolute Gasteiger partial charge is 0.262 e. The summed E-state index contributed by atoms with van der Waals surface area (Å²) < 4.78 is 2.05. The summed E-state index contributed by atoms with van der Waals surface area (Å²) in [5.41, 5.74) is 2.73. The van der Waals surface area contributed by atoms with Crippen molar-refractivity contribution in [1.29, 1.82) is 0 Å². The predicted octanol–water partition coefficient (Wildman–Crippen LogP) is 4.40. The Morgan fingerprint density at radius 2 is 1.74 bits per heavy atom. The average molecular weight is 480 g/mol. The molecule has 2 aromatic carbocycles. The zero-order valence-electron chi connectivity index (χ0n) is 19.8. The monoisotopic (exact) mass is 479 g/mol. The highest BCUT2D eigenvalue weighted by Crippen LogP contribution is 2.20. The van der Waals surface area contributed by atoms with Crippen LogP contribution in [0.25, 0.3) is 10.9 Å². The van der Waals surface area contributed by atoms with Gasteiger partial charge in [-0.1, -0.05) is 25.5 Å². The summed E-state index contributed by atoms with van der Waals surface area (Å²) in [7, 11) is 0. The molecule has 1 saturated heterocycles. The summed E-state index contributed by atoms with van der Waals surface area (Å²) in [5.74, 6) is 0.0180. The predicted molar refractivity (Wildman–Crippen MR) is 141 cm³/mol. The number of aromatic amines is 1. The van der Waals surface area contributed by atoms with Crippen molar-refractivity contribution < 1.29 is 4.79 Å². The number of aromatic nitrogens is 2. The molecule has 0 bridgehead atoms. The quantitative estimate of drug-likeness (QED) is 0.352. The van der Waals surface area contributed by atoms with Crippen LogP contribution in [0.4, 0.5) is 11.4 Å². The molecule has 1 aromatic heterocycles. The van der Waals surface area contributed by atoms with Gasteiger partial charge in [0, 0.05) is 50.5 Å². The molecule has 8 heteroatoms. The van der Waals surface area contributed by atoms with Crippen LogP contribution in [0.3, 0.4) is 0 Å². The van der Waals surface area contributed by atoms with E-state index in [1.807, 2.05) is 36.4 Å². The summed E-state index contributed by atoms with van der Waals surface area (Å²) in [5, 5.41) is 3.64. The molecule has 0 aliphatic carbocycles. The molecule has 34 heavy (non-hydrogen) atoms. The number of nitrogens with one attached hydrogen (secondary N) is 2. The Bertz CT molecular complexity index is 1230. The maximum Gasteiger partial charge on any atom is 0.262 e. The molecule has 0 saturated carbocycles. The van der Waals surface area contributed by atoms with Gasteiger partial charge in [-0.2, -0.15) is 0 Å². The second-order valence-electron chi connectivity index (χ2n) is 8.76. The van der Waals surface area contributed by atoms with Crippen LogP contribution < -0.4 is 15.8 Å². The molecular formula is C26H33N5O2S. The van der Waals surface area contributed by atoms with Gasteiger partial charge in [0.25, 0.3) is 5.56 Å². The van der Waals surface area contributed by atoms with Crippen molar-refractivity contribution in [2.75, 3.05) is 42.9 Å². The number of amides is 1. The number of piperazine rings is 1. The van der Waals surface area contributed by atoms with Crippen LogP contribution in [0.2, 0.25) is 0 Å².